The third-order valence-electron chi connectivity index (χ3n) is 4.17. The predicted molar refractivity (Wildman–Crippen MR) is 97.2 cm³/mol. The van der Waals surface area contributed by atoms with Crippen LogP contribution in [0.5, 0.6) is 0 Å². The maximum absolute atomic E-state index is 13.0. The first-order valence-corrected chi connectivity index (χ1v) is 8.55. The fourth-order valence-electron chi connectivity index (χ4n) is 2.75. The third-order valence-corrected chi connectivity index (χ3v) is 4.43. The van der Waals surface area contributed by atoms with E-state index in [-0.39, 0.29) is 24.6 Å². The van der Waals surface area contributed by atoms with Gasteiger partial charge in [0.25, 0.3) is 11.5 Å². The van der Waals surface area contributed by atoms with Gasteiger partial charge in [-0.2, -0.15) is 5.10 Å². The Morgan fingerprint density at radius 1 is 1.04 bits per heavy atom. The molecule has 0 saturated carbocycles. The Kier molecular flexibility index (Phi) is 4.35. The van der Waals surface area contributed by atoms with Gasteiger partial charge in [0.1, 0.15) is 0 Å². The number of hydrogen-bond acceptors (Lipinski definition) is 5. The van der Waals surface area contributed by atoms with Gasteiger partial charge in [0.05, 0.1) is 25.3 Å². The van der Waals surface area contributed by atoms with Crippen LogP contribution >= 0.6 is 11.6 Å². The van der Waals surface area contributed by atoms with Crippen LogP contribution in [-0.4, -0.2) is 38.8 Å². The molecule has 1 aliphatic rings. The van der Waals surface area contributed by atoms with E-state index in [4.69, 9.17) is 11.6 Å². The molecule has 1 fully saturated rings. The molecule has 0 radical (unpaired) electrons. The van der Waals surface area contributed by atoms with E-state index >= 15 is 0 Å². The molecule has 3 heterocycles. The van der Waals surface area contributed by atoms with Gasteiger partial charge in [-0.15, -0.1) is 0 Å². The molecule has 0 aliphatic carbocycles. The molecule has 9 heteroatoms. The van der Waals surface area contributed by atoms with E-state index in [0.717, 1.165) is 5.56 Å². The van der Waals surface area contributed by atoms with Gasteiger partial charge in [-0.1, -0.05) is 23.7 Å². The van der Waals surface area contributed by atoms with Crippen LogP contribution in [0.3, 0.4) is 0 Å². The molecule has 0 N–H and O–H groups in total. The zero-order valence-corrected chi connectivity index (χ0v) is 14.8. The zero-order valence-electron chi connectivity index (χ0n) is 14.0. The largest absolute Gasteiger partial charge is 0.329 e. The number of aromatic nitrogens is 4. The monoisotopic (exact) mass is 389 g/mol. The van der Waals surface area contributed by atoms with Gasteiger partial charge < -0.3 is 4.90 Å². The molecule has 2 aromatic heterocycles. The average molecular weight is 390 g/mol. The van der Waals surface area contributed by atoms with Crippen molar-refractivity contribution in [1.82, 2.24) is 19.7 Å². The maximum Gasteiger partial charge on any atom is 0.282 e. The molecule has 0 spiro atoms. The maximum atomic E-state index is 13.0. The first-order chi connectivity index (χ1) is 12.9. The summed E-state index contributed by atoms with van der Waals surface area (Å²) >= 11 is 5.87. The molecule has 0 bridgehead atoms. The van der Waals surface area contributed by atoms with Gasteiger partial charge in [0.15, 0.2) is 0 Å². The molecule has 138 valence electrons. The Morgan fingerprint density at radius 2 is 1.70 bits per heavy atom. The van der Waals surface area contributed by atoms with E-state index < -0.39 is 5.92 Å². The van der Waals surface area contributed by atoms with Crippen LogP contribution in [0.15, 0.2) is 53.6 Å². The molecule has 0 unspecified atom stereocenters. The summed E-state index contributed by atoms with van der Waals surface area (Å²) in [5, 5.41) is 4.97. The van der Waals surface area contributed by atoms with Crippen LogP contribution in [-0.2, 0) is 6.54 Å². The molecule has 3 aromatic rings. The van der Waals surface area contributed by atoms with Crippen molar-refractivity contribution in [1.29, 1.82) is 0 Å². The molecule has 4 rings (SSSR count). The van der Waals surface area contributed by atoms with Crippen LogP contribution in [0.2, 0.25) is 5.02 Å². The minimum Gasteiger partial charge on any atom is -0.329 e. The number of benzene rings is 1. The quantitative estimate of drug-likeness (QED) is 0.686. The number of rotatable bonds is 4. The van der Waals surface area contributed by atoms with Crippen molar-refractivity contribution >= 4 is 17.5 Å². The average Bonchev–Trinajstić information content (AvgIpc) is 2.63. The van der Waals surface area contributed by atoms with E-state index in [1.807, 2.05) is 12.1 Å². The molecule has 6 nitrogen and oxygen atoms in total. The van der Waals surface area contributed by atoms with E-state index in [1.165, 1.54) is 28.0 Å². The highest BCUT2D eigenvalue weighted by Crippen LogP contribution is 2.29. The van der Waals surface area contributed by atoms with Gasteiger partial charge in [0.2, 0.25) is 5.95 Å². The fourth-order valence-corrected chi connectivity index (χ4v) is 2.88. The molecule has 1 aromatic carbocycles. The van der Waals surface area contributed by atoms with Gasteiger partial charge in [0, 0.05) is 29.0 Å². The second kappa shape index (κ2) is 6.70. The van der Waals surface area contributed by atoms with Crippen molar-refractivity contribution in [3.8, 4) is 11.3 Å². The Labute approximate surface area is 158 Å². The first-order valence-electron chi connectivity index (χ1n) is 8.17. The van der Waals surface area contributed by atoms with Gasteiger partial charge >= 0.3 is 0 Å². The molecule has 0 amide bonds. The number of halogens is 3. The second-order valence-corrected chi connectivity index (χ2v) is 6.76. The van der Waals surface area contributed by atoms with Crippen molar-refractivity contribution in [3.63, 3.8) is 0 Å². The van der Waals surface area contributed by atoms with Crippen LogP contribution < -0.4 is 10.5 Å². The van der Waals surface area contributed by atoms with Crippen LogP contribution in [0.1, 0.15) is 5.56 Å². The Bertz CT molecular complexity index is 1010. The summed E-state index contributed by atoms with van der Waals surface area (Å²) in [5.41, 5.74) is 1.76. The van der Waals surface area contributed by atoms with E-state index in [0.29, 0.717) is 22.8 Å². The van der Waals surface area contributed by atoms with Gasteiger partial charge in [-0.05, 0) is 23.8 Å². The number of nitrogens with zero attached hydrogens (tertiary/aromatic N) is 5. The molecule has 1 aliphatic heterocycles. The number of anilines is 1. The van der Waals surface area contributed by atoms with Crippen molar-refractivity contribution in [2.75, 3.05) is 18.0 Å². The van der Waals surface area contributed by atoms with Crippen molar-refractivity contribution in [2.45, 2.75) is 12.5 Å². The van der Waals surface area contributed by atoms with E-state index in [2.05, 4.69) is 15.1 Å². The molecule has 1 saturated heterocycles. The summed E-state index contributed by atoms with van der Waals surface area (Å²) in [6, 6.07) is 10.1. The lowest BCUT2D eigenvalue weighted by Gasteiger charge is -2.38. The minimum atomic E-state index is -2.68. The molecule has 0 atom stereocenters. The highest BCUT2D eigenvalue weighted by Gasteiger charge is 2.45. The lowest BCUT2D eigenvalue weighted by atomic mass is 10.1. The highest BCUT2D eigenvalue weighted by molar-refractivity contribution is 6.30. The van der Waals surface area contributed by atoms with Crippen LogP contribution in [0, 0.1) is 0 Å². The van der Waals surface area contributed by atoms with Crippen molar-refractivity contribution in [2.24, 2.45) is 0 Å². The van der Waals surface area contributed by atoms with Gasteiger partial charge in [-0.3, -0.25) is 4.79 Å². The lowest BCUT2D eigenvalue weighted by Crippen LogP contribution is -2.57. The van der Waals surface area contributed by atoms with Crippen LogP contribution in [0.25, 0.3) is 11.3 Å². The smallest absolute Gasteiger partial charge is 0.282 e. The molecular formula is C18H14ClF2N5O. The zero-order chi connectivity index (χ0) is 19.0. The second-order valence-electron chi connectivity index (χ2n) is 6.32. The summed E-state index contributed by atoms with van der Waals surface area (Å²) in [7, 11) is 0. The highest BCUT2D eigenvalue weighted by atomic mass is 35.5. The molecule has 27 heavy (non-hydrogen) atoms. The summed E-state index contributed by atoms with van der Waals surface area (Å²) in [6.45, 7) is -0.460. The fraction of sp³-hybridized carbons (Fsp3) is 0.222. The SMILES string of the molecule is O=c1ccc(-c2cnc(N3CC(F)(F)C3)nc2)nn1Cc1ccc(Cl)cc1. The Morgan fingerprint density at radius 3 is 2.33 bits per heavy atom. The summed E-state index contributed by atoms with van der Waals surface area (Å²) in [6.07, 6.45) is 3.02. The summed E-state index contributed by atoms with van der Waals surface area (Å²) in [4.78, 5) is 21.7. The topological polar surface area (TPSA) is 63.9 Å². The summed E-state index contributed by atoms with van der Waals surface area (Å²) < 4.78 is 27.2. The minimum absolute atomic E-state index is 0.242. The first kappa shape index (κ1) is 17.5. The van der Waals surface area contributed by atoms with Crippen molar-refractivity contribution in [3.05, 3.63) is 69.7 Å². The summed E-state index contributed by atoms with van der Waals surface area (Å²) in [5.74, 6) is -2.43. The number of hydrogen-bond donors (Lipinski definition) is 0. The normalized spacial score (nSPS) is 15.4. The van der Waals surface area contributed by atoms with Gasteiger partial charge in [-0.25, -0.2) is 23.4 Å². The lowest BCUT2D eigenvalue weighted by molar-refractivity contribution is -0.0271. The molecular weight excluding hydrogens is 376 g/mol. The van der Waals surface area contributed by atoms with Crippen LogP contribution in [0.4, 0.5) is 14.7 Å². The predicted octanol–water partition coefficient (Wildman–Crippen LogP) is 2.86. The standard InChI is InChI=1S/C18H14ClF2N5O/c19-14-3-1-12(2-4-14)9-26-16(27)6-5-15(24-26)13-7-22-17(23-8-13)25-10-18(20,21)11-25/h1-8H,9-11H2. The van der Waals surface area contributed by atoms with E-state index in [1.54, 1.807) is 18.2 Å². The Hall–Kier alpha value is -2.87. The van der Waals surface area contributed by atoms with E-state index in [9.17, 15) is 13.6 Å². The Balaban J connectivity index is 1.55. The van der Waals surface area contributed by atoms with Crippen molar-refractivity contribution < 1.29 is 8.78 Å². The third kappa shape index (κ3) is 3.80. The number of alkyl halides is 2.